The van der Waals surface area contributed by atoms with Crippen molar-refractivity contribution in [3.05, 3.63) is 35.4 Å². The van der Waals surface area contributed by atoms with Crippen LogP contribution in [-0.2, 0) is 14.1 Å². The lowest BCUT2D eigenvalue weighted by atomic mass is 10.1. The Morgan fingerprint density at radius 3 is 2.00 bits per heavy atom. The molecule has 0 aliphatic carbocycles. The molecule has 1 N–H and O–H groups in total. The molecule has 1 unspecified atom stereocenters. The highest BCUT2D eigenvalue weighted by Gasteiger charge is 2.60. The molecule has 13 heteroatoms. The molecule has 7 nitrogen and oxygen atoms in total. The number of alkyl halides is 5. The van der Waals surface area contributed by atoms with Crippen LogP contribution >= 0.6 is 12.0 Å². The first-order chi connectivity index (χ1) is 11.0. The average Bonchev–Trinajstić information content (AvgIpc) is 2.49. The normalized spacial score (nSPS) is 13.4. The highest BCUT2D eigenvalue weighted by atomic mass is 32.2. The lowest BCUT2D eigenvalue weighted by molar-refractivity contribution is -0.777. The van der Waals surface area contributed by atoms with Crippen LogP contribution in [0.25, 0.3) is 0 Å². The smallest absolute Gasteiger partial charge is 0.432 e. The van der Waals surface area contributed by atoms with Gasteiger partial charge in [0.05, 0.1) is 11.1 Å². The van der Waals surface area contributed by atoms with Gasteiger partial charge in [0.1, 0.15) is 12.0 Å². The Bertz CT molecular complexity index is 589. The van der Waals surface area contributed by atoms with Crippen LogP contribution in [0.3, 0.4) is 0 Å². The van der Waals surface area contributed by atoms with Crippen LogP contribution in [0, 0.1) is 0 Å². The third-order valence-electron chi connectivity index (χ3n) is 2.37. The number of hydrogen-bond acceptors (Lipinski definition) is 7. The van der Waals surface area contributed by atoms with E-state index in [0.29, 0.717) is 0 Å². The molecule has 0 aliphatic rings. The van der Waals surface area contributed by atoms with Crippen LogP contribution in [0.2, 0.25) is 0 Å². The van der Waals surface area contributed by atoms with Gasteiger partial charge >= 0.3 is 23.4 Å². The second kappa shape index (κ2) is 7.74. The van der Waals surface area contributed by atoms with E-state index >= 15 is 0 Å². The van der Waals surface area contributed by atoms with Crippen molar-refractivity contribution in [1.29, 1.82) is 0 Å². The van der Waals surface area contributed by atoms with Crippen LogP contribution in [0.15, 0.2) is 24.3 Å². The summed E-state index contributed by atoms with van der Waals surface area (Å²) in [7, 11) is 0. The standard InChI is InChI=1S/C11H7F5O7S/c12-10(13,14)9(11(15,16)24-23-22-20)21-8(19)6-3-1-5(2-4-6)7(17)18/h1-4,9,20H,(H,17,18)/p-1. The number of carboxylic acid groups (broad SMARTS) is 1. The van der Waals surface area contributed by atoms with E-state index in [2.05, 4.69) is 14.1 Å². The summed E-state index contributed by atoms with van der Waals surface area (Å²) in [4.78, 5) is 22.2. The first-order valence-corrected chi connectivity index (χ1v) is 6.36. The Morgan fingerprint density at radius 2 is 1.58 bits per heavy atom. The molecule has 1 aromatic rings. The van der Waals surface area contributed by atoms with E-state index in [-0.39, 0.29) is 5.56 Å². The summed E-state index contributed by atoms with van der Waals surface area (Å²) in [5.41, 5.74) is -0.892. The van der Waals surface area contributed by atoms with E-state index in [4.69, 9.17) is 5.11 Å². The van der Waals surface area contributed by atoms with Crippen LogP contribution in [-0.4, -0.2) is 34.6 Å². The first-order valence-electron chi connectivity index (χ1n) is 5.62. The summed E-state index contributed by atoms with van der Waals surface area (Å²) in [5, 5.41) is 15.7. The summed E-state index contributed by atoms with van der Waals surface area (Å²) in [6.07, 6.45) is -9.64. The first kappa shape index (κ1) is 20.1. The van der Waals surface area contributed by atoms with Crippen molar-refractivity contribution in [2.24, 2.45) is 0 Å². The topological polar surface area (TPSA) is 105 Å². The van der Waals surface area contributed by atoms with E-state index in [0.717, 1.165) is 24.3 Å². The van der Waals surface area contributed by atoms with Gasteiger partial charge in [-0.3, -0.25) is 5.04 Å². The van der Waals surface area contributed by atoms with Crippen molar-refractivity contribution in [3.63, 3.8) is 0 Å². The fourth-order valence-electron chi connectivity index (χ4n) is 1.35. The van der Waals surface area contributed by atoms with E-state index < -0.39 is 47.1 Å². The highest BCUT2D eigenvalue weighted by molar-refractivity contribution is 7.95. The zero-order chi connectivity index (χ0) is 18.5. The zero-order valence-electron chi connectivity index (χ0n) is 11.1. The minimum absolute atomic E-state index is 0.291. The molecule has 0 aliphatic heterocycles. The molecule has 0 saturated heterocycles. The molecule has 1 aromatic carbocycles. The molecule has 0 saturated carbocycles. The van der Waals surface area contributed by atoms with Crippen molar-refractivity contribution >= 4 is 24.0 Å². The minimum atomic E-state index is -5.70. The van der Waals surface area contributed by atoms with Gasteiger partial charge in [-0.2, -0.15) is 26.3 Å². The maximum atomic E-state index is 13.4. The minimum Gasteiger partial charge on any atom is -0.691 e. The third-order valence-corrected chi connectivity index (χ3v) is 2.93. The quantitative estimate of drug-likeness (QED) is 0.253. The summed E-state index contributed by atoms with van der Waals surface area (Å²) in [5.74, 6) is -3.17. The summed E-state index contributed by atoms with van der Waals surface area (Å²) in [6, 6.07) is 3.29. The third kappa shape index (κ3) is 5.30. The number of ether oxygens (including phenoxy) is 1. The Labute approximate surface area is 134 Å². The molecule has 0 spiro atoms. The van der Waals surface area contributed by atoms with Crippen LogP contribution < -0.4 is 5.26 Å². The Morgan fingerprint density at radius 1 is 1.08 bits per heavy atom. The number of carboxylic acids is 1. The van der Waals surface area contributed by atoms with Gasteiger partial charge < -0.3 is 15.1 Å². The Hall–Kier alpha value is -1.96. The molecular weight excluding hydrogens is 371 g/mol. The number of esters is 1. The second-order valence-electron chi connectivity index (χ2n) is 3.99. The predicted octanol–water partition coefficient (Wildman–Crippen LogP) is 1.94. The second-order valence-corrected chi connectivity index (χ2v) is 4.84. The number of halogens is 5. The number of aromatic carboxylic acids is 1. The van der Waals surface area contributed by atoms with Gasteiger partial charge in [0.2, 0.25) is 0 Å². The molecule has 0 bridgehead atoms. The van der Waals surface area contributed by atoms with Crippen LogP contribution in [0.5, 0.6) is 0 Å². The number of carbonyl (C=O) groups excluding carboxylic acids is 1. The largest absolute Gasteiger partial charge is 0.691 e. The van der Waals surface area contributed by atoms with Gasteiger partial charge in [0, 0.05) is 0 Å². The predicted molar refractivity (Wildman–Crippen MR) is 63.4 cm³/mol. The maximum absolute atomic E-state index is 13.4. The van der Waals surface area contributed by atoms with E-state index in [1.165, 1.54) is 0 Å². The van der Waals surface area contributed by atoms with E-state index in [9.17, 15) is 36.8 Å². The van der Waals surface area contributed by atoms with E-state index in [1.807, 2.05) is 0 Å². The Kier molecular flexibility index (Phi) is 6.48. The van der Waals surface area contributed by atoms with Gasteiger partial charge in [-0.1, -0.05) is 0 Å². The molecule has 0 radical (unpaired) electrons. The summed E-state index contributed by atoms with van der Waals surface area (Å²) < 4.78 is 71.6. The summed E-state index contributed by atoms with van der Waals surface area (Å²) in [6.45, 7) is 0. The molecule has 24 heavy (non-hydrogen) atoms. The molecule has 1 rings (SSSR count). The van der Waals surface area contributed by atoms with Gasteiger partial charge in [0.15, 0.2) is 0 Å². The monoisotopic (exact) mass is 377 g/mol. The highest BCUT2D eigenvalue weighted by Crippen LogP contribution is 2.42. The van der Waals surface area contributed by atoms with Crippen molar-refractivity contribution < 1.29 is 56.0 Å². The summed E-state index contributed by atoms with van der Waals surface area (Å²) >= 11 is -1.29. The van der Waals surface area contributed by atoms with Crippen LogP contribution in [0.1, 0.15) is 20.7 Å². The average molecular weight is 377 g/mol. The van der Waals surface area contributed by atoms with Crippen molar-refractivity contribution in [1.82, 2.24) is 0 Å². The fraction of sp³-hybridized carbons (Fsp3) is 0.273. The molecule has 0 heterocycles. The molecule has 0 amide bonds. The van der Waals surface area contributed by atoms with Gasteiger partial charge in [-0.15, -0.1) is 0 Å². The molecule has 134 valence electrons. The molecule has 0 fully saturated rings. The maximum Gasteiger partial charge on any atom is 0.432 e. The van der Waals surface area contributed by atoms with Gasteiger partial charge in [0.25, 0.3) is 6.10 Å². The lowest BCUT2D eigenvalue weighted by Crippen LogP contribution is -2.46. The molecule has 0 aromatic heterocycles. The number of benzene rings is 1. The fourth-order valence-corrected chi connectivity index (χ4v) is 1.74. The van der Waals surface area contributed by atoms with Gasteiger partial charge in [-0.05, 0) is 24.3 Å². The zero-order valence-corrected chi connectivity index (χ0v) is 11.9. The Balaban J connectivity index is 2.98. The molecular formula is C11H6F5O7S-. The SMILES string of the molecule is O=C(O)c1ccc(C(=O)OC(C(F)(F)F)C(F)(F)SOO[O-])cc1. The lowest BCUT2D eigenvalue weighted by Gasteiger charge is -2.26. The molecule has 1 atom stereocenters. The number of carbonyl (C=O) groups is 2. The number of rotatable bonds is 7. The van der Waals surface area contributed by atoms with Crippen molar-refractivity contribution in [2.45, 2.75) is 17.5 Å². The van der Waals surface area contributed by atoms with Crippen molar-refractivity contribution in [2.75, 3.05) is 0 Å². The van der Waals surface area contributed by atoms with E-state index in [1.54, 1.807) is 0 Å². The van der Waals surface area contributed by atoms with Crippen LogP contribution in [0.4, 0.5) is 22.0 Å². The van der Waals surface area contributed by atoms with Crippen molar-refractivity contribution in [3.8, 4) is 0 Å². The van der Waals surface area contributed by atoms with Gasteiger partial charge in [-0.25, -0.2) is 9.59 Å². The number of hydrogen-bond donors (Lipinski definition) is 1.